The van der Waals surface area contributed by atoms with Crippen LogP contribution in [0.2, 0.25) is 0 Å². The highest BCUT2D eigenvalue weighted by molar-refractivity contribution is 7.10. The molecule has 0 spiro atoms. The molecule has 0 aromatic heterocycles. The Morgan fingerprint density at radius 2 is 1.30 bits per heavy atom. The number of hydrogen-bond donors (Lipinski definition) is 0. The molecule has 0 radical (unpaired) electrons. The summed E-state index contributed by atoms with van der Waals surface area (Å²) in [5.74, 6) is 0. The molecule has 9 unspecified atom stereocenters. The zero-order valence-electron chi connectivity index (χ0n) is 11.2. The summed E-state index contributed by atoms with van der Waals surface area (Å²) in [5.41, 5.74) is 0. The zero-order valence-corrected chi connectivity index (χ0v) is 17.0. The highest BCUT2D eigenvalue weighted by Crippen LogP contribution is 2.24. The number of allylic oxidation sites excluding steroid dienone is 1. The van der Waals surface area contributed by atoms with Crippen LogP contribution >= 0.6 is 47.3 Å². The van der Waals surface area contributed by atoms with Crippen molar-refractivity contribution in [2.75, 3.05) is 13.2 Å². The molecule has 0 saturated carbocycles. The molecule has 0 heterocycles. The van der Waals surface area contributed by atoms with Gasteiger partial charge in [-0.15, -0.1) is 0 Å². The molecule has 0 aliphatic heterocycles. The van der Waals surface area contributed by atoms with Crippen molar-refractivity contribution < 1.29 is 27.4 Å². The average Bonchev–Trinajstić information content (AvgIpc) is 2.48. The van der Waals surface area contributed by atoms with E-state index >= 15 is 0 Å². The molecule has 0 aromatic rings. The van der Waals surface area contributed by atoms with E-state index in [1.54, 1.807) is 12.3 Å². The Bertz CT molecular complexity index is 259. The van der Waals surface area contributed by atoms with E-state index in [-0.39, 0.29) is 12.2 Å². The van der Waals surface area contributed by atoms with Crippen LogP contribution in [0.15, 0.2) is 12.3 Å². The van der Waals surface area contributed by atoms with E-state index in [1.165, 1.54) is 0 Å². The number of ether oxygens (including phenoxy) is 1. The molecule has 0 aliphatic carbocycles. The van der Waals surface area contributed by atoms with Crippen LogP contribution < -0.4 is 0 Å². The lowest BCUT2D eigenvalue weighted by Gasteiger charge is -2.33. The second-order valence-corrected chi connectivity index (χ2v) is 5.11. The zero-order chi connectivity index (χ0) is 15.4. The van der Waals surface area contributed by atoms with E-state index in [0.29, 0.717) is 13.2 Å². The van der Waals surface area contributed by atoms with Gasteiger partial charge >= 0.3 is 0 Å². The summed E-state index contributed by atoms with van der Waals surface area (Å²) < 4.78 is 31.8. The van der Waals surface area contributed by atoms with Crippen LogP contribution in [-0.2, 0) is 27.4 Å². The van der Waals surface area contributed by atoms with Crippen LogP contribution in [0.5, 0.6) is 0 Å². The molecule has 0 saturated heterocycles. The first-order valence-corrected chi connectivity index (χ1v) is 8.02. The Morgan fingerprint density at radius 3 is 1.65 bits per heavy atom. The van der Waals surface area contributed by atoms with Gasteiger partial charge in [0, 0.05) is 47.3 Å². The summed E-state index contributed by atoms with van der Waals surface area (Å²) in [6, 6.07) is 0. The van der Waals surface area contributed by atoms with Gasteiger partial charge in [0.05, 0.1) is 12.9 Å². The molecule has 9 atom stereocenters. The van der Waals surface area contributed by atoms with E-state index in [4.69, 9.17) is 27.4 Å². The lowest BCUT2D eigenvalue weighted by molar-refractivity contribution is -0.0675. The number of hydrogen-bond acceptors (Lipinski definition) is 6. The fourth-order valence-corrected chi connectivity index (χ4v) is 2.83. The lowest BCUT2D eigenvalue weighted by atomic mass is 10.0. The maximum atomic E-state index is 5.40. The van der Waals surface area contributed by atoms with Crippen LogP contribution in [0.1, 0.15) is 6.92 Å². The smallest absolute Gasteiger partial charge is 0.124 e. The fraction of sp³-hybridized carbons (Fsp3) is 0.778. The topological polar surface area (TPSA) is 55.4 Å². The monoisotopic (exact) mass is 382 g/mol. The second-order valence-electron chi connectivity index (χ2n) is 3.69. The highest BCUT2D eigenvalue weighted by Gasteiger charge is 2.36. The van der Waals surface area contributed by atoms with E-state index in [9.17, 15) is 0 Å². The molecule has 0 aromatic carbocycles. The predicted octanol–water partition coefficient (Wildman–Crippen LogP) is 2.04. The summed E-state index contributed by atoms with van der Waals surface area (Å²) >= 11 is 0. The molecule has 0 rings (SSSR count). The molecule has 120 valence electrons. The molecule has 0 N–H and O–H groups in total. The van der Waals surface area contributed by atoms with E-state index in [0.717, 1.165) is 0 Å². The van der Waals surface area contributed by atoms with E-state index < -0.39 is 12.2 Å². The first kappa shape index (κ1) is 21.5. The van der Waals surface area contributed by atoms with Gasteiger partial charge in [-0.1, -0.05) is 6.08 Å². The summed E-state index contributed by atoms with van der Waals surface area (Å²) in [7, 11) is 11.0. The van der Waals surface area contributed by atoms with Crippen molar-refractivity contribution in [3.63, 3.8) is 0 Å². The van der Waals surface area contributed by atoms with Crippen LogP contribution in [-0.4, -0.2) is 37.6 Å². The molecule has 6 nitrogen and oxygen atoms in total. The van der Waals surface area contributed by atoms with Crippen molar-refractivity contribution >= 4 is 47.3 Å². The molecule has 0 amide bonds. The summed E-state index contributed by atoms with van der Waals surface area (Å²) in [6.07, 6.45) is 1.77. The normalized spacial score (nSPS) is 17.9. The van der Waals surface area contributed by atoms with Crippen molar-refractivity contribution in [3.05, 3.63) is 12.3 Å². The van der Waals surface area contributed by atoms with Crippen LogP contribution in [0.4, 0.5) is 0 Å². The summed E-state index contributed by atoms with van der Waals surface area (Å²) in [4.78, 5) is 0. The molecule has 20 heavy (non-hydrogen) atoms. The third kappa shape index (κ3) is 7.66. The molecule has 0 aliphatic rings. The third-order valence-corrected chi connectivity index (χ3v) is 3.99. The van der Waals surface area contributed by atoms with Crippen molar-refractivity contribution in [1.82, 2.24) is 0 Å². The maximum Gasteiger partial charge on any atom is 0.124 e. The Morgan fingerprint density at radius 1 is 0.800 bits per heavy atom. The SMILES string of the molecule is CC=COCC(OP)C(OP)C(OP)C(COP)OP. The average molecular weight is 382 g/mol. The molecule has 0 bridgehead atoms. The van der Waals surface area contributed by atoms with Gasteiger partial charge in [-0.25, -0.2) is 0 Å². The van der Waals surface area contributed by atoms with Crippen molar-refractivity contribution in [2.24, 2.45) is 0 Å². The predicted molar refractivity (Wildman–Crippen MR) is 94.8 cm³/mol. The van der Waals surface area contributed by atoms with Crippen molar-refractivity contribution in [3.8, 4) is 0 Å². The van der Waals surface area contributed by atoms with Crippen LogP contribution in [0.3, 0.4) is 0 Å². The molecular weight excluding hydrogens is 359 g/mol. The quantitative estimate of drug-likeness (QED) is 0.381. The lowest BCUT2D eigenvalue weighted by Crippen LogP contribution is -2.48. The van der Waals surface area contributed by atoms with Gasteiger partial charge in [0.25, 0.3) is 0 Å². The standard InChI is InChI=1S/C9H23O6P5/c1-2-3-10-4-6(12-17)8(14-19)9(15-20)7(13-18)5-11-16/h2-3,6-9H,4-5,16-20H2,1H3. The molecular formula is C9H23O6P5. The Balaban J connectivity index is 4.84. The minimum absolute atomic E-state index is 0.308. The van der Waals surface area contributed by atoms with Crippen LogP contribution in [0, 0.1) is 0 Å². The first-order valence-electron chi connectivity index (χ1n) is 5.66. The van der Waals surface area contributed by atoms with Gasteiger partial charge in [0.15, 0.2) is 0 Å². The first-order chi connectivity index (χ1) is 9.69. The number of rotatable bonds is 12. The minimum atomic E-state index is -0.439. The molecule has 0 fully saturated rings. The summed E-state index contributed by atoms with van der Waals surface area (Å²) in [5, 5.41) is 0. The minimum Gasteiger partial charge on any atom is -0.499 e. The second kappa shape index (κ2) is 14.1. The maximum absolute atomic E-state index is 5.40. The third-order valence-electron chi connectivity index (χ3n) is 2.47. The van der Waals surface area contributed by atoms with Gasteiger partial charge in [-0.3, -0.25) is 0 Å². The fourth-order valence-electron chi connectivity index (χ4n) is 1.52. The van der Waals surface area contributed by atoms with Gasteiger partial charge in [-0.05, 0) is 6.92 Å². The largest absolute Gasteiger partial charge is 0.499 e. The highest BCUT2D eigenvalue weighted by atomic mass is 31.0. The van der Waals surface area contributed by atoms with Crippen molar-refractivity contribution in [1.29, 1.82) is 0 Å². The van der Waals surface area contributed by atoms with Crippen LogP contribution in [0.25, 0.3) is 0 Å². The van der Waals surface area contributed by atoms with Gasteiger partial charge in [0.2, 0.25) is 0 Å². The van der Waals surface area contributed by atoms with E-state index in [2.05, 4.69) is 47.3 Å². The van der Waals surface area contributed by atoms with Gasteiger partial charge < -0.3 is 27.4 Å². The Hall–Kier alpha value is 1.49. The Kier molecular flexibility index (Phi) is 15.2. The summed E-state index contributed by atoms with van der Waals surface area (Å²) in [6.45, 7) is 2.49. The van der Waals surface area contributed by atoms with E-state index in [1.807, 2.05) is 6.92 Å². The van der Waals surface area contributed by atoms with Gasteiger partial charge in [-0.2, -0.15) is 0 Å². The Labute approximate surface area is 132 Å². The van der Waals surface area contributed by atoms with Gasteiger partial charge in [0.1, 0.15) is 31.0 Å². The van der Waals surface area contributed by atoms with Crippen molar-refractivity contribution in [2.45, 2.75) is 31.3 Å². The molecule has 11 heteroatoms.